The topological polar surface area (TPSA) is 44.5 Å². The predicted molar refractivity (Wildman–Crippen MR) is 101 cm³/mol. The molecule has 2 aromatic rings. The number of nitrogens with one attached hydrogen (secondary N) is 1. The highest BCUT2D eigenvalue weighted by atomic mass is 15.2. The van der Waals surface area contributed by atoms with Crippen molar-refractivity contribution in [1.82, 2.24) is 15.1 Å². The van der Waals surface area contributed by atoms with Gasteiger partial charge in [-0.25, -0.2) is 0 Å². The lowest BCUT2D eigenvalue weighted by molar-refractivity contribution is 0.148. The van der Waals surface area contributed by atoms with E-state index < -0.39 is 0 Å². The Morgan fingerprint density at radius 3 is 2.25 bits per heavy atom. The minimum Gasteiger partial charge on any atom is -0.399 e. The summed E-state index contributed by atoms with van der Waals surface area (Å²) in [5.41, 5.74) is 10.6. The molecule has 2 aromatic carbocycles. The molecule has 0 aliphatic carbocycles. The molecule has 4 heteroatoms. The smallest absolute Gasteiger partial charge is 0.0317 e. The number of hydrogen-bond acceptors (Lipinski definition) is 4. The van der Waals surface area contributed by atoms with Crippen molar-refractivity contribution in [1.29, 1.82) is 0 Å². The summed E-state index contributed by atoms with van der Waals surface area (Å²) in [6.45, 7) is 7.46. The Hall–Kier alpha value is -1.88. The van der Waals surface area contributed by atoms with E-state index in [0.29, 0.717) is 0 Å². The monoisotopic (exact) mass is 324 g/mol. The second kappa shape index (κ2) is 8.29. The average Bonchev–Trinajstić information content (AvgIpc) is 2.59. The van der Waals surface area contributed by atoms with Crippen LogP contribution in [0.4, 0.5) is 5.69 Å². The molecule has 0 aromatic heterocycles. The molecule has 0 saturated carbocycles. The standard InChI is InChI=1S/C20H28N4/c1-23-9-11-24(12-10-23)16-18-7-5-17(6-8-18)14-22-15-19-3-2-4-20(21)13-19/h2-8,13,22H,9-12,14-16,21H2,1H3. The van der Waals surface area contributed by atoms with Crippen LogP contribution >= 0.6 is 0 Å². The maximum Gasteiger partial charge on any atom is 0.0317 e. The molecule has 24 heavy (non-hydrogen) atoms. The number of piperazine rings is 1. The van der Waals surface area contributed by atoms with Crippen molar-refractivity contribution in [2.45, 2.75) is 19.6 Å². The van der Waals surface area contributed by atoms with Gasteiger partial charge >= 0.3 is 0 Å². The largest absolute Gasteiger partial charge is 0.399 e. The van der Waals surface area contributed by atoms with Gasteiger partial charge in [0.15, 0.2) is 0 Å². The van der Waals surface area contributed by atoms with Gasteiger partial charge in [0.25, 0.3) is 0 Å². The zero-order valence-electron chi connectivity index (χ0n) is 14.5. The highest BCUT2D eigenvalue weighted by Gasteiger charge is 2.13. The summed E-state index contributed by atoms with van der Waals surface area (Å²) >= 11 is 0. The van der Waals surface area contributed by atoms with Crippen LogP contribution in [0, 0.1) is 0 Å². The first-order valence-corrected chi connectivity index (χ1v) is 8.73. The first kappa shape index (κ1) is 17.0. The van der Waals surface area contributed by atoms with Crippen molar-refractivity contribution in [2.24, 2.45) is 0 Å². The molecule has 1 aliphatic rings. The summed E-state index contributed by atoms with van der Waals surface area (Å²) in [5, 5.41) is 3.48. The molecule has 3 N–H and O–H groups in total. The van der Waals surface area contributed by atoms with Crippen LogP contribution in [0.25, 0.3) is 0 Å². The summed E-state index contributed by atoms with van der Waals surface area (Å²) in [6.07, 6.45) is 0. The number of anilines is 1. The number of rotatable bonds is 6. The zero-order valence-corrected chi connectivity index (χ0v) is 14.5. The first-order valence-electron chi connectivity index (χ1n) is 8.73. The van der Waals surface area contributed by atoms with Gasteiger partial charge in [-0.2, -0.15) is 0 Å². The Labute approximate surface area is 145 Å². The second-order valence-electron chi connectivity index (χ2n) is 6.74. The molecular weight excluding hydrogens is 296 g/mol. The van der Waals surface area contributed by atoms with Gasteiger partial charge in [-0.15, -0.1) is 0 Å². The summed E-state index contributed by atoms with van der Waals surface area (Å²) < 4.78 is 0. The number of hydrogen-bond donors (Lipinski definition) is 2. The van der Waals surface area contributed by atoms with Crippen LogP contribution in [0.5, 0.6) is 0 Å². The molecule has 1 fully saturated rings. The van der Waals surface area contributed by atoms with Gasteiger partial charge in [-0.1, -0.05) is 36.4 Å². The summed E-state index contributed by atoms with van der Waals surface area (Å²) in [6, 6.07) is 17.0. The number of likely N-dealkylation sites (N-methyl/N-ethyl adjacent to an activating group) is 1. The molecule has 0 unspecified atom stereocenters. The first-order chi connectivity index (χ1) is 11.7. The van der Waals surface area contributed by atoms with Crippen LogP contribution in [0.2, 0.25) is 0 Å². The fourth-order valence-electron chi connectivity index (χ4n) is 3.08. The van der Waals surface area contributed by atoms with E-state index in [9.17, 15) is 0 Å². The van der Waals surface area contributed by atoms with E-state index in [2.05, 4.69) is 52.5 Å². The van der Waals surface area contributed by atoms with Crippen molar-refractivity contribution in [3.05, 3.63) is 65.2 Å². The molecule has 1 saturated heterocycles. The molecule has 1 heterocycles. The predicted octanol–water partition coefficient (Wildman–Crippen LogP) is 2.31. The fourth-order valence-corrected chi connectivity index (χ4v) is 3.08. The van der Waals surface area contributed by atoms with Crippen LogP contribution in [-0.4, -0.2) is 43.0 Å². The molecule has 128 valence electrons. The van der Waals surface area contributed by atoms with E-state index in [1.807, 2.05) is 18.2 Å². The van der Waals surface area contributed by atoms with Crippen LogP contribution in [0.3, 0.4) is 0 Å². The molecule has 1 aliphatic heterocycles. The Bertz CT molecular complexity index is 630. The lowest BCUT2D eigenvalue weighted by Gasteiger charge is -2.32. The number of nitrogen functional groups attached to an aromatic ring is 1. The van der Waals surface area contributed by atoms with E-state index in [4.69, 9.17) is 5.73 Å². The number of nitrogens with zero attached hydrogens (tertiary/aromatic N) is 2. The SMILES string of the molecule is CN1CCN(Cc2ccc(CNCc3cccc(N)c3)cc2)CC1. The van der Waals surface area contributed by atoms with E-state index in [0.717, 1.165) is 25.3 Å². The van der Waals surface area contributed by atoms with Crippen LogP contribution in [0.15, 0.2) is 48.5 Å². The number of benzene rings is 2. The van der Waals surface area contributed by atoms with Gasteiger partial charge in [-0.3, -0.25) is 4.90 Å². The maximum absolute atomic E-state index is 5.81. The van der Waals surface area contributed by atoms with E-state index in [1.165, 1.54) is 42.9 Å². The van der Waals surface area contributed by atoms with E-state index in [1.54, 1.807) is 0 Å². The third-order valence-electron chi connectivity index (χ3n) is 4.63. The van der Waals surface area contributed by atoms with Gasteiger partial charge in [-0.05, 0) is 35.9 Å². The molecule has 3 rings (SSSR count). The Morgan fingerprint density at radius 2 is 1.54 bits per heavy atom. The third-order valence-corrected chi connectivity index (χ3v) is 4.63. The van der Waals surface area contributed by atoms with Crippen LogP contribution in [-0.2, 0) is 19.6 Å². The Balaban J connectivity index is 1.44. The van der Waals surface area contributed by atoms with Gasteiger partial charge in [0.05, 0.1) is 0 Å². The quantitative estimate of drug-likeness (QED) is 0.801. The van der Waals surface area contributed by atoms with Gasteiger partial charge in [0.2, 0.25) is 0 Å². The normalized spacial score (nSPS) is 16.4. The fraction of sp³-hybridized carbons (Fsp3) is 0.400. The Kier molecular flexibility index (Phi) is 5.86. The third kappa shape index (κ3) is 5.06. The van der Waals surface area contributed by atoms with Gasteiger partial charge < -0.3 is 16.0 Å². The van der Waals surface area contributed by atoms with E-state index in [-0.39, 0.29) is 0 Å². The van der Waals surface area contributed by atoms with Gasteiger partial charge in [0, 0.05) is 51.5 Å². The second-order valence-corrected chi connectivity index (χ2v) is 6.74. The maximum atomic E-state index is 5.81. The van der Waals surface area contributed by atoms with Crippen molar-refractivity contribution < 1.29 is 0 Å². The minimum atomic E-state index is 0.822. The molecule has 0 atom stereocenters. The van der Waals surface area contributed by atoms with Crippen molar-refractivity contribution in [3.63, 3.8) is 0 Å². The lowest BCUT2D eigenvalue weighted by atomic mass is 10.1. The zero-order chi connectivity index (χ0) is 16.8. The highest BCUT2D eigenvalue weighted by molar-refractivity contribution is 5.40. The molecule has 0 radical (unpaired) electrons. The van der Waals surface area contributed by atoms with Gasteiger partial charge in [0.1, 0.15) is 0 Å². The minimum absolute atomic E-state index is 0.822. The number of nitrogens with two attached hydrogens (primary N) is 1. The van der Waals surface area contributed by atoms with E-state index >= 15 is 0 Å². The van der Waals surface area contributed by atoms with Crippen molar-refractivity contribution in [2.75, 3.05) is 39.0 Å². The molecular formula is C20H28N4. The molecule has 0 spiro atoms. The average molecular weight is 324 g/mol. The van der Waals surface area contributed by atoms with Crippen LogP contribution in [0.1, 0.15) is 16.7 Å². The molecule has 0 bridgehead atoms. The van der Waals surface area contributed by atoms with Crippen molar-refractivity contribution in [3.8, 4) is 0 Å². The summed E-state index contributed by atoms with van der Waals surface area (Å²) in [7, 11) is 2.20. The van der Waals surface area contributed by atoms with Crippen LogP contribution < -0.4 is 11.1 Å². The Morgan fingerprint density at radius 1 is 0.875 bits per heavy atom. The molecule has 4 nitrogen and oxygen atoms in total. The summed E-state index contributed by atoms with van der Waals surface area (Å²) in [4.78, 5) is 4.93. The highest BCUT2D eigenvalue weighted by Crippen LogP contribution is 2.10. The van der Waals surface area contributed by atoms with Crippen molar-refractivity contribution >= 4 is 5.69 Å². The summed E-state index contributed by atoms with van der Waals surface area (Å²) in [5.74, 6) is 0. The lowest BCUT2D eigenvalue weighted by Crippen LogP contribution is -2.43. The molecule has 0 amide bonds.